The number of rotatable bonds is 9. The number of esters is 1. The lowest BCUT2D eigenvalue weighted by Gasteiger charge is -2.13. The predicted octanol–water partition coefficient (Wildman–Crippen LogP) is 4.51. The molecule has 2 aromatic rings. The molecule has 2 N–H and O–H groups in total. The first-order valence-electron chi connectivity index (χ1n) is 10.3. The highest BCUT2D eigenvalue weighted by atomic mass is 32.2. The van der Waals surface area contributed by atoms with E-state index in [1.54, 1.807) is 13.8 Å². The Labute approximate surface area is 193 Å². The minimum absolute atomic E-state index is 0.103. The molecule has 1 atom stereocenters. The van der Waals surface area contributed by atoms with Gasteiger partial charge in [-0.15, -0.1) is 21.5 Å². The van der Waals surface area contributed by atoms with E-state index >= 15 is 0 Å². The van der Waals surface area contributed by atoms with E-state index in [1.165, 1.54) is 34.4 Å². The van der Waals surface area contributed by atoms with Crippen molar-refractivity contribution < 1.29 is 19.1 Å². The zero-order valence-electron chi connectivity index (χ0n) is 17.8. The Kier molecular flexibility index (Phi) is 8.44. The molecule has 8 nitrogen and oxygen atoms in total. The number of aryl methyl sites for hydroxylation is 1. The molecule has 3 rings (SSSR count). The van der Waals surface area contributed by atoms with Gasteiger partial charge in [-0.2, -0.15) is 0 Å². The summed E-state index contributed by atoms with van der Waals surface area (Å²) in [6.07, 6.45) is 5.05. The van der Waals surface area contributed by atoms with Crippen molar-refractivity contribution in [1.29, 1.82) is 0 Å². The lowest BCUT2D eigenvalue weighted by Crippen LogP contribution is -2.23. The zero-order valence-corrected chi connectivity index (χ0v) is 20.2. The predicted molar refractivity (Wildman–Crippen MR) is 124 cm³/mol. The Bertz CT molecular complexity index is 956. The maximum absolute atomic E-state index is 12.8. The molecule has 0 radical (unpaired) electrons. The van der Waals surface area contributed by atoms with E-state index in [4.69, 9.17) is 4.74 Å². The number of aromatic nitrogens is 2. The van der Waals surface area contributed by atoms with Crippen molar-refractivity contribution in [3.8, 4) is 0 Å². The van der Waals surface area contributed by atoms with Gasteiger partial charge in [0.15, 0.2) is 4.34 Å². The Morgan fingerprint density at radius 2 is 1.90 bits per heavy atom. The lowest BCUT2D eigenvalue weighted by molar-refractivity contribution is -0.116. The summed E-state index contributed by atoms with van der Waals surface area (Å²) in [7, 11) is 0. The smallest absolute Gasteiger partial charge is 0.341 e. The fraction of sp³-hybridized carbons (Fsp3) is 0.550. The van der Waals surface area contributed by atoms with Gasteiger partial charge in [0, 0.05) is 11.3 Å². The highest BCUT2D eigenvalue weighted by Gasteiger charge is 2.28. The number of nitrogens with zero attached hydrogens (tertiary/aromatic N) is 2. The van der Waals surface area contributed by atoms with Crippen molar-refractivity contribution in [2.75, 3.05) is 17.2 Å². The molecule has 0 aromatic carbocycles. The molecule has 0 saturated heterocycles. The third-order valence-electron chi connectivity index (χ3n) is 4.66. The number of fused-ring (bicyclic) bond motifs is 1. The number of ether oxygens (including phenoxy) is 1. The van der Waals surface area contributed by atoms with Gasteiger partial charge in [-0.3, -0.25) is 9.59 Å². The Hall–Kier alpha value is -1.98. The average Bonchev–Trinajstić information content (AvgIpc) is 3.31. The van der Waals surface area contributed by atoms with Gasteiger partial charge < -0.3 is 15.4 Å². The second-order valence-electron chi connectivity index (χ2n) is 7.06. The van der Waals surface area contributed by atoms with Crippen LogP contribution in [0, 0.1) is 0 Å². The fourth-order valence-electron chi connectivity index (χ4n) is 3.21. The molecule has 1 unspecified atom stereocenters. The molecule has 0 fully saturated rings. The number of thiophene rings is 1. The van der Waals surface area contributed by atoms with Gasteiger partial charge in [-0.25, -0.2) is 4.79 Å². The molecule has 0 saturated carbocycles. The van der Waals surface area contributed by atoms with E-state index in [2.05, 4.69) is 20.8 Å². The maximum Gasteiger partial charge on any atom is 0.341 e. The molecule has 1 aliphatic carbocycles. The van der Waals surface area contributed by atoms with E-state index < -0.39 is 5.25 Å². The van der Waals surface area contributed by atoms with E-state index in [1.807, 2.05) is 6.92 Å². The van der Waals surface area contributed by atoms with E-state index in [0.717, 1.165) is 42.5 Å². The molecule has 1 aliphatic rings. The Morgan fingerprint density at radius 3 is 2.65 bits per heavy atom. The minimum Gasteiger partial charge on any atom is -0.462 e. The van der Waals surface area contributed by atoms with Crippen LogP contribution in [0.5, 0.6) is 0 Å². The molecule has 31 heavy (non-hydrogen) atoms. The Balaban J connectivity index is 1.67. The summed E-state index contributed by atoms with van der Waals surface area (Å²) in [4.78, 5) is 38.2. The van der Waals surface area contributed by atoms with E-state index in [9.17, 15) is 14.4 Å². The molecule has 0 spiro atoms. The molecular weight excluding hydrogens is 456 g/mol. The van der Waals surface area contributed by atoms with Crippen LogP contribution in [0.15, 0.2) is 4.34 Å². The van der Waals surface area contributed by atoms with Crippen molar-refractivity contribution in [2.24, 2.45) is 0 Å². The molecule has 0 bridgehead atoms. The number of nitrogens with one attached hydrogen (secondary N) is 2. The van der Waals surface area contributed by atoms with Crippen LogP contribution >= 0.6 is 34.4 Å². The topological polar surface area (TPSA) is 110 Å². The summed E-state index contributed by atoms with van der Waals surface area (Å²) >= 11 is 3.96. The van der Waals surface area contributed by atoms with Crippen molar-refractivity contribution in [3.05, 3.63) is 16.0 Å². The van der Waals surface area contributed by atoms with Crippen molar-refractivity contribution >= 4 is 62.4 Å². The van der Waals surface area contributed by atoms with Crippen LogP contribution in [0.3, 0.4) is 0 Å². The van der Waals surface area contributed by atoms with Crippen LogP contribution in [0.4, 0.5) is 10.1 Å². The number of carbonyl (C=O) groups is 3. The van der Waals surface area contributed by atoms with E-state index in [-0.39, 0.29) is 24.4 Å². The Morgan fingerprint density at radius 1 is 1.13 bits per heavy atom. The lowest BCUT2D eigenvalue weighted by atomic mass is 9.95. The number of hydrogen-bond acceptors (Lipinski definition) is 9. The average molecular weight is 483 g/mol. The second kappa shape index (κ2) is 11.1. The highest BCUT2D eigenvalue weighted by molar-refractivity contribution is 8.02. The van der Waals surface area contributed by atoms with Gasteiger partial charge >= 0.3 is 5.97 Å². The van der Waals surface area contributed by atoms with Crippen LogP contribution in [-0.4, -0.2) is 39.8 Å². The zero-order chi connectivity index (χ0) is 22.4. The summed E-state index contributed by atoms with van der Waals surface area (Å²) in [6.45, 7) is 5.76. The van der Waals surface area contributed by atoms with Crippen LogP contribution in [0.25, 0.3) is 0 Å². The monoisotopic (exact) mass is 482 g/mol. The molecular formula is C20H26N4O4S3. The highest BCUT2D eigenvalue weighted by Crippen LogP contribution is 2.39. The van der Waals surface area contributed by atoms with Crippen LogP contribution in [0.2, 0.25) is 0 Å². The quantitative estimate of drug-likeness (QED) is 0.307. The SMILES string of the molecule is CCCC(=O)Nc1nnc(SC(C)C(=O)Nc2sc3c(c2C(=O)OCC)CCCC3)s1. The summed E-state index contributed by atoms with van der Waals surface area (Å²) in [5.41, 5.74) is 1.52. The van der Waals surface area contributed by atoms with Gasteiger partial charge in [0.25, 0.3) is 0 Å². The summed E-state index contributed by atoms with van der Waals surface area (Å²) in [5, 5.41) is 14.2. The van der Waals surface area contributed by atoms with Crippen molar-refractivity contribution in [2.45, 2.75) is 68.9 Å². The molecule has 2 aromatic heterocycles. The molecule has 11 heteroatoms. The molecule has 168 valence electrons. The first kappa shape index (κ1) is 23.7. The summed E-state index contributed by atoms with van der Waals surface area (Å²) in [6, 6.07) is 0. The second-order valence-corrected chi connectivity index (χ2v) is 10.7. The van der Waals surface area contributed by atoms with Gasteiger partial charge in [0.05, 0.1) is 17.4 Å². The van der Waals surface area contributed by atoms with E-state index in [0.29, 0.717) is 26.5 Å². The number of carbonyl (C=O) groups excluding carboxylic acids is 3. The fourth-order valence-corrected chi connectivity index (χ4v) is 6.40. The number of amides is 2. The summed E-state index contributed by atoms with van der Waals surface area (Å²) < 4.78 is 5.83. The standard InChI is InChI=1S/C20H26N4O4S3/c1-4-8-14(25)21-19-23-24-20(31-19)29-11(3)16(26)22-17-15(18(27)28-5-2)12-9-6-7-10-13(12)30-17/h11H,4-10H2,1-3H3,(H,22,26)(H,21,23,25). The maximum atomic E-state index is 12.8. The van der Waals surface area contributed by atoms with Crippen molar-refractivity contribution in [1.82, 2.24) is 10.2 Å². The minimum atomic E-state index is -0.457. The molecule has 0 aliphatic heterocycles. The third kappa shape index (κ3) is 6.05. The number of hydrogen-bond donors (Lipinski definition) is 2. The number of thioether (sulfide) groups is 1. The molecule has 2 amide bonds. The largest absolute Gasteiger partial charge is 0.462 e. The first-order chi connectivity index (χ1) is 14.9. The van der Waals surface area contributed by atoms with Gasteiger partial charge in [-0.05, 0) is 51.5 Å². The summed E-state index contributed by atoms with van der Waals surface area (Å²) in [5.74, 6) is -0.704. The van der Waals surface area contributed by atoms with Crippen molar-refractivity contribution in [3.63, 3.8) is 0 Å². The van der Waals surface area contributed by atoms with Crippen LogP contribution in [0.1, 0.15) is 67.3 Å². The molecule has 2 heterocycles. The normalized spacial score (nSPS) is 13.9. The number of anilines is 2. The first-order valence-corrected chi connectivity index (χ1v) is 12.9. The van der Waals surface area contributed by atoms with Crippen LogP contribution in [-0.2, 0) is 27.2 Å². The van der Waals surface area contributed by atoms with Gasteiger partial charge in [0.1, 0.15) is 5.00 Å². The third-order valence-corrected chi connectivity index (χ3v) is 7.89. The van der Waals surface area contributed by atoms with Gasteiger partial charge in [-0.1, -0.05) is 30.0 Å². The van der Waals surface area contributed by atoms with Crippen LogP contribution < -0.4 is 10.6 Å². The van der Waals surface area contributed by atoms with Gasteiger partial charge in [0.2, 0.25) is 16.9 Å².